The first-order valence-electron chi connectivity index (χ1n) is 8.37. The van der Waals surface area contributed by atoms with Crippen molar-refractivity contribution in [2.75, 3.05) is 19.6 Å². The average molecular weight is 386 g/mol. The van der Waals surface area contributed by atoms with Crippen LogP contribution in [0.15, 0.2) is 9.93 Å². The predicted molar refractivity (Wildman–Crippen MR) is 95.8 cm³/mol. The molecule has 138 valence electrons. The van der Waals surface area contributed by atoms with Crippen molar-refractivity contribution in [2.45, 2.75) is 43.4 Å². The number of carbonyl (C=O) groups is 3. The van der Waals surface area contributed by atoms with Crippen LogP contribution < -0.4 is 0 Å². The van der Waals surface area contributed by atoms with Crippen LogP contribution in [-0.4, -0.2) is 74.0 Å². The van der Waals surface area contributed by atoms with Crippen LogP contribution in [0.5, 0.6) is 0 Å². The van der Waals surface area contributed by atoms with E-state index in [0.717, 1.165) is 19.5 Å². The van der Waals surface area contributed by atoms with Crippen molar-refractivity contribution >= 4 is 41.2 Å². The summed E-state index contributed by atoms with van der Waals surface area (Å²) in [7, 11) is 0. The Hall–Kier alpha value is -1.03. The number of β-lactam (4-membered cyclic amide) rings is 1. The van der Waals surface area contributed by atoms with Gasteiger partial charge in [0.25, 0.3) is 0 Å². The Morgan fingerprint density at radius 2 is 2.16 bits per heavy atom. The fourth-order valence-corrected chi connectivity index (χ4v) is 6.81. The van der Waals surface area contributed by atoms with E-state index in [1.165, 1.54) is 28.4 Å². The monoisotopic (exact) mass is 386 g/mol. The smallest absolute Gasteiger partial charge is 0.354 e. The number of aliphatic hydroxyl groups excluding tert-OH is 1. The van der Waals surface area contributed by atoms with Gasteiger partial charge >= 0.3 is 5.97 Å². The first kappa shape index (κ1) is 18.8. The molecule has 3 heterocycles. The van der Waals surface area contributed by atoms with Crippen molar-refractivity contribution in [2.24, 2.45) is 5.92 Å². The van der Waals surface area contributed by atoms with Gasteiger partial charge in [-0.05, 0) is 26.3 Å². The van der Waals surface area contributed by atoms with Crippen molar-refractivity contribution in [3.05, 3.63) is 9.93 Å². The number of Topliss-reactive ketones (excluding diaryl/α,β-unsaturated/α-hetero) is 1. The molecule has 0 aromatic carbocycles. The molecule has 2 fully saturated rings. The van der Waals surface area contributed by atoms with Gasteiger partial charge in [-0.15, -0.1) is 11.8 Å². The fourth-order valence-electron chi connectivity index (χ4n) is 3.50. The Labute approximate surface area is 154 Å². The molecule has 0 aromatic rings. The number of ketones is 1. The van der Waals surface area contributed by atoms with Gasteiger partial charge in [0.05, 0.1) is 22.8 Å². The van der Waals surface area contributed by atoms with Gasteiger partial charge in [0.15, 0.2) is 5.70 Å². The zero-order chi connectivity index (χ0) is 18.3. The van der Waals surface area contributed by atoms with E-state index in [0.29, 0.717) is 17.2 Å². The number of amides is 1. The average Bonchev–Trinajstić information content (AvgIpc) is 3.09. The molecule has 7 nitrogen and oxygen atoms in total. The maximum atomic E-state index is 12.3. The van der Waals surface area contributed by atoms with Crippen LogP contribution in [0.25, 0.3) is 0 Å². The third kappa shape index (κ3) is 3.47. The summed E-state index contributed by atoms with van der Waals surface area (Å²) in [4.78, 5) is 38.6. The first-order chi connectivity index (χ1) is 11.8. The molecule has 0 unspecified atom stereocenters. The lowest BCUT2D eigenvalue weighted by atomic mass is 9.90. The van der Waals surface area contributed by atoms with Crippen molar-refractivity contribution in [1.29, 1.82) is 0 Å². The zero-order valence-corrected chi connectivity index (χ0v) is 15.8. The van der Waals surface area contributed by atoms with Crippen LogP contribution >= 0.6 is 23.5 Å². The molecule has 3 aliphatic heterocycles. The molecule has 25 heavy (non-hydrogen) atoms. The number of fused-ring (bicyclic) bond motifs is 1. The minimum Gasteiger partial charge on any atom is -0.477 e. The minimum absolute atomic E-state index is 0.0505. The van der Waals surface area contributed by atoms with Gasteiger partial charge in [-0.25, -0.2) is 4.79 Å². The van der Waals surface area contributed by atoms with Gasteiger partial charge in [0, 0.05) is 11.8 Å². The summed E-state index contributed by atoms with van der Waals surface area (Å²) in [5.74, 6) is -1.81. The van der Waals surface area contributed by atoms with Crippen molar-refractivity contribution in [3.8, 4) is 0 Å². The van der Waals surface area contributed by atoms with Crippen molar-refractivity contribution < 1.29 is 24.6 Å². The Bertz CT molecular complexity index is 638. The molecule has 3 aliphatic rings. The van der Waals surface area contributed by atoms with Gasteiger partial charge in [-0.2, -0.15) is 0 Å². The van der Waals surface area contributed by atoms with E-state index < -0.39 is 18.0 Å². The lowest BCUT2D eigenvalue weighted by Gasteiger charge is -2.44. The van der Waals surface area contributed by atoms with Crippen LogP contribution in [0.3, 0.4) is 0 Å². The third-order valence-corrected chi connectivity index (χ3v) is 7.59. The standard InChI is InChI=1S/C16H22N2O5S2/c1-3-10(20)11-13(21)18-12(15(22)23)16(25-14(11)18)24-9-4-5-17(7-9)6-8(2)19/h9-11,14,20H,3-7H2,1-2H3,(H,22,23)/t9-,10-,11+,14+/m0/s1. The maximum absolute atomic E-state index is 12.3. The van der Waals surface area contributed by atoms with E-state index in [2.05, 4.69) is 4.90 Å². The third-order valence-electron chi connectivity index (χ3n) is 4.73. The molecule has 0 aromatic heterocycles. The second-order valence-corrected chi connectivity index (χ2v) is 9.32. The van der Waals surface area contributed by atoms with Crippen molar-refractivity contribution in [1.82, 2.24) is 9.80 Å². The number of likely N-dealkylation sites (tertiary alicyclic amines) is 1. The number of aliphatic hydroxyl groups is 1. The van der Waals surface area contributed by atoms with Crippen LogP contribution in [0.2, 0.25) is 0 Å². The van der Waals surface area contributed by atoms with Gasteiger partial charge in [0.1, 0.15) is 11.2 Å². The summed E-state index contributed by atoms with van der Waals surface area (Å²) in [5.41, 5.74) is 0.0505. The molecule has 0 radical (unpaired) electrons. The summed E-state index contributed by atoms with van der Waals surface area (Å²) in [6, 6.07) is 0. The van der Waals surface area contributed by atoms with E-state index in [4.69, 9.17) is 0 Å². The molecule has 2 N–H and O–H groups in total. The number of hydrogen-bond donors (Lipinski definition) is 2. The van der Waals surface area contributed by atoms with Crippen molar-refractivity contribution in [3.63, 3.8) is 0 Å². The molecule has 9 heteroatoms. The molecule has 1 amide bonds. The number of aliphatic carboxylic acids is 1. The Morgan fingerprint density at radius 3 is 2.76 bits per heavy atom. The predicted octanol–water partition coefficient (Wildman–Crippen LogP) is 0.939. The van der Waals surface area contributed by atoms with Crippen LogP contribution in [-0.2, 0) is 14.4 Å². The molecule has 0 spiro atoms. The summed E-state index contributed by atoms with van der Waals surface area (Å²) < 4.78 is 0.645. The summed E-state index contributed by atoms with van der Waals surface area (Å²) >= 11 is 2.86. The highest BCUT2D eigenvalue weighted by atomic mass is 32.2. The number of nitrogens with zero attached hydrogens (tertiary/aromatic N) is 2. The number of carboxylic acid groups (broad SMARTS) is 1. The van der Waals surface area contributed by atoms with E-state index in [-0.39, 0.29) is 28.0 Å². The Balaban J connectivity index is 1.70. The highest BCUT2D eigenvalue weighted by Gasteiger charge is 2.58. The lowest BCUT2D eigenvalue weighted by molar-refractivity contribution is -0.157. The second kappa shape index (κ2) is 7.30. The molecular formula is C16H22N2O5S2. The van der Waals surface area contributed by atoms with Gasteiger partial charge in [-0.1, -0.05) is 18.7 Å². The highest BCUT2D eigenvalue weighted by Crippen LogP contribution is 2.55. The number of rotatable bonds is 7. The van der Waals surface area contributed by atoms with Gasteiger partial charge in [-0.3, -0.25) is 19.4 Å². The SMILES string of the molecule is CC[C@H](O)[C@@H]1C(=O)N2C(C(=O)O)=C(S[C@H]3CCN(CC(C)=O)C3)S[C@H]12. The number of carboxylic acids is 1. The molecule has 0 bridgehead atoms. The summed E-state index contributed by atoms with van der Waals surface area (Å²) in [6.07, 6.45) is 0.613. The van der Waals surface area contributed by atoms with E-state index in [1.54, 1.807) is 6.92 Å². The fraction of sp³-hybridized carbons (Fsp3) is 0.688. The molecule has 3 rings (SSSR count). The first-order valence-corrected chi connectivity index (χ1v) is 10.1. The second-order valence-electron chi connectivity index (χ2n) is 6.62. The maximum Gasteiger partial charge on any atom is 0.354 e. The summed E-state index contributed by atoms with van der Waals surface area (Å²) in [5, 5.41) is 19.5. The minimum atomic E-state index is -1.10. The largest absolute Gasteiger partial charge is 0.477 e. The number of thioether (sulfide) groups is 2. The Kier molecular flexibility index (Phi) is 5.48. The van der Waals surface area contributed by atoms with E-state index in [1.807, 2.05) is 6.92 Å². The summed E-state index contributed by atoms with van der Waals surface area (Å²) in [6.45, 7) is 5.35. The van der Waals surface area contributed by atoms with Crippen LogP contribution in [0.1, 0.15) is 26.7 Å². The molecule has 0 aliphatic carbocycles. The number of carbonyl (C=O) groups excluding carboxylic acids is 2. The topological polar surface area (TPSA) is 98.2 Å². The molecule has 2 saturated heterocycles. The van der Waals surface area contributed by atoms with Gasteiger partial charge < -0.3 is 10.2 Å². The molecular weight excluding hydrogens is 364 g/mol. The normalized spacial score (nSPS) is 30.4. The Morgan fingerprint density at radius 1 is 1.44 bits per heavy atom. The van der Waals surface area contributed by atoms with Crippen LogP contribution in [0.4, 0.5) is 0 Å². The highest BCUT2D eigenvalue weighted by molar-refractivity contribution is 8.23. The van der Waals surface area contributed by atoms with Gasteiger partial charge in [0.2, 0.25) is 5.91 Å². The van der Waals surface area contributed by atoms with E-state index >= 15 is 0 Å². The van der Waals surface area contributed by atoms with E-state index in [9.17, 15) is 24.6 Å². The van der Waals surface area contributed by atoms with Crippen LogP contribution in [0, 0.1) is 5.92 Å². The quantitative estimate of drug-likeness (QED) is 0.624. The molecule has 4 atom stereocenters. The molecule has 0 saturated carbocycles. The lowest BCUT2D eigenvalue weighted by Crippen LogP contribution is -2.61. The number of hydrogen-bond acceptors (Lipinski definition) is 7. The zero-order valence-electron chi connectivity index (χ0n) is 14.2.